The van der Waals surface area contributed by atoms with Crippen molar-refractivity contribution in [2.24, 2.45) is 0 Å². The van der Waals surface area contributed by atoms with Gasteiger partial charge in [-0.15, -0.1) is 0 Å². The van der Waals surface area contributed by atoms with Gasteiger partial charge in [0.1, 0.15) is 11.3 Å². The molecule has 0 saturated carbocycles. The van der Waals surface area contributed by atoms with Gasteiger partial charge in [-0.25, -0.2) is 4.98 Å². The van der Waals surface area contributed by atoms with Gasteiger partial charge >= 0.3 is 0 Å². The zero-order valence-corrected chi connectivity index (χ0v) is 15.2. The van der Waals surface area contributed by atoms with E-state index in [2.05, 4.69) is 26.2 Å². The Balaban J connectivity index is 1.58. The van der Waals surface area contributed by atoms with Crippen molar-refractivity contribution >= 4 is 27.5 Å². The van der Waals surface area contributed by atoms with Crippen LogP contribution in [0.4, 0.5) is 0 Å². The Morgan fingerprint density at radius 3 is 2.96 bits per heavy atom. The molecule has 1 aromatic carbocycles. The number of imidazole rings is 1. The van der Waals surface area contributed by atoms with Crippen molar-refractivity contribution in [2.75, 3.05) is 6.79 Å². The van der Waals surface area contributed by atoms with E-state index >= 15 is 0 Å². The van der Waals surface area contributed by atoms with Gasteiger partial charge in [-0.05, 0) is 52.2 Å². The SMILES string of the molecule is CCc1nc2ccc(Br)cn2c1C(=O)NCc1ccc2c(c1)OCO2. The summed E-state index contributed by atoms with van der Waals surface area (Å²) in [5.74, 6) is 1.29. The minimum atomic E-state index is -0.153. The first kappa shape index (κ1) is 16.0. The maximum Gasteiger partial charge on any atom is 0.270 e. The van der Waals surface area contributed by atoms with Gasteiger partial charge in [0, 0.05) is 17.2 Å². The van der Waals surface area contributed by atoms with Crippen molar-refractivity contribution in [3.05, 3.63) is 58.0 Å². The molecule has 0 unspecified atom stereocenters. The number of amides is 1. The van der Waals surface area contributed by atoms with Gasteiger partial charge in [0.05, 0.1) is 5.69 Å². The van der Waals surface area contributed by atoms with Crippen LogP contribution in [-0.4, -0.2) is 22.1 Å². The summed E-state index contributed by atoms with van der Waals surface area (Å²) in [6, 6.07) is 9.45. The summed E-state index contributed by atoms with van der Waals surface area (Å²) in [5, 5.41) is 2.97. The van der Waals surface area contributed by atoms with Crippen molar-refractivity contribution in [1.82, 2.24) is 14.7 Å². The van der Waals surface area contributed by atoms with E-state index in [1.54, 1.807) is 0 Å². The Hall–Kier alpha value is -2.54. The number of pyridine rings is 1. The first-order chi connectivity index (χ1) is 12.2. The van der Waals surface area contributed by atoms with E-state index in [1.165, 1.54) is 0 Å². The number of halogens is 1. The van der Waals surface area contributed by atoms with Crippen LogP contribution in [0.3, 0.4) is 0 Å². The van der Waals surface area contributed by atoms with Crippen LogP contribution < -0.4 is 14.8 Å². The number of aromatic nitrogens is 2. The van der Waals surface area contributed by atoms with Crippen LogP contribution >= 0.6 is 15.9 Å². The molecule has 0 atom stereocenters. The van der Waals surface area contributed by atoms with Gasteiger partial charge < -0.3 is 14.8 Å². The van der Waals surface area contributed by atoms with Crippen molar-refractivity contribution in [3.63, 3.8) is 0 Å². The number of ether oxygens (including phenoxy) is 2. The summed E-state index contributed by atoms with van der Waals surface area (Å²) in [7, 11) is 0. The smallest absolute Gasteiger partial charge is 0.270 e. The maximum absolute atomic E-state index is 12.8. The molecule has 0 saturated heterocycles. The lowest BCUT2D eigenvalue weighted by Gasteiger charge is -2.08. The van der Waals surface area contributed by atoms with Gasteiger partial charge in [0.25, 0.3) is 5.91 Å². The minimum absolute atomic E-state index is 0.153. The molecule has 3 heterocycles. The van der Waals surface area contributed by atoms with Crippen molar-refractivity contribution in [3.8, 4) is 11.5 Å². The standard InChI is InChI=1S/C18H16BrN3O3/c1-2-13-17(22-9-12(19)4-6-16(22)21-13)18(23)20-8-11-3-5-14-15(7-11)25-10-24-14/h3-7,9H,2,8,10H2,1H3,(H,20,23). The van der Waals surface area contributed by atoms with Crippen molar-refractivity contribution in [2.45, 2.75) is 19.9 Å². The summed E-state index contributed by atoms with van der Waals surface area (Å²) < 4.78 is 13.4. The van der Waals surface area contributed by atoms with Gasteiger partial charge in [0.15, 0.2) is 11.5 Å². The average Bonchev–Trinajstić information content (AvgIpc) is 3.22. The number of nitrogens with zero attached hydrogens (tertiary/aromatic N) is 2. The summed E-state index contributed by atoms with van der Waals surface area (Å²) >= 11 is 3.45. The summed E-state index contributed by atoms with van der Waals surface area (Å²) in [6.45, 7) is 2.63. The Bertz CT molecular complexity index is 968. The highest BCUT2D eigenvalue weighted by Crippen LogP contribution is 2.32. The average molecular weight is 402 g/mol. The normalized spacial score (nSPS) is 12.6. The maximum atomic E-state index is 12.8. The molecule has 7 heteroatoms. The van der Waals surface area contributed by atoms with Gasteiger partial charge in [0.2, 0.25) is 6.79 Å². The monoisotopic (exact) mass is 401 g/mol. The van der Waals surface area contributed by atoms with Gasteiger partial charge in [-0.2, -0.15) is 0 Å². The Kier molecular flexibility index (Phi) is 4.09. The molecule has 1 amide bonds. The molecule has 1 N–H and O–H groups in total. The van der Waals surface area contributed by atoms with Crippen molar-refractivity contribution < 1.29 is 14.3 Å². The molecule has 25 heavy (non-hydrogen) atoms. The summed E-state index contributed by atoms with van der Waals surface area (Å²) in [4.78, 5) is 17.3. The predicted octanol–water partition coefficient (Wildman–Crippen LogP) is 3.32. The van der Waals surface area contributed by atoms with Crippen LogP contribution in [-0.2, 0) is 13.0 Å². The highest BCUT2D eigenvalue weighted by Gasteiger charge is 2.19. The molecule has 0 radical (unpaired) electrons. The topological polar surface area (TPSA) is 64.9 Å². The highest BCUT2D eigenvalue weighted by molar-refractivity contribution is 9.10. The number of benzene rings is 1. The zero-order chi connectivity index (χ0) is 17.4. The first-order valence-corrected chi connectivity index (χ1v) is 8.78. The summed E-state index contributed by atoms with van der Waals surface area (Å²) in [6.07, 6.45) is 2.54. The van der Waals surface area contributed by atoms with Crippen LogP contribution in [0.1, 0.15) is 28.7 Å². The Morgan fingerprint density at radius 2 is 2.12 bits per heavy atom. The van der Waals surface area contributed by atoms with Crippen LogP contribution in [0.25, 0.3) is 5.65 Å². The summed E-state index contributed by atoms with van der Waals surface area (Å²) in [5.41, 5.74) is 3.06. The lowest BCUT2D eigenvalue weighted by atomic mass is 10.2. The molecule has 0 spiro atoms. The number of hydrogen-bond donors (Lipinski definition) is 1. The molecular weight excluding hydrogens is 386 g/mol. The fourth-order valence-corrected chi connectivity index (χ4v) is 3.21. The molecule has 1 aliphatic rings. The number of aryl methyl sites for hydroxylation is 1. The van der Waals surface area contributed by atoms with Crippen LogP contribution in [0.2, 0.25) is 0 Å². The zero-order valence-electron chi connectivity index (χ0n) is 13.6. The molecule has 0 fully saturated rings. The number of fused-ring (bicyclic) bond motifs is 2. The van der Waals surface area contributed by atoms with Crippen molar-refractivity contribution in [1.29, 1.82) is 0 Å². The number of rotatable bonds is 4. The number of carbonyl (C=O) groups excluding carboxylic acids is 1. The second-order valence-electron chi connectivity index (χ2n) is 5.71. The first-order valence-electron chi connectivity index (χ1n) is 7.99. The quantitative estimate of drug-likeness (QED) is 0.727. The highest BCUT2D eigenvalue weighted by atomic mass is 79.9. The molecule has 0 aliphatic carbocycles. The fraction of sp³-hybridized carbons (Fsp3) is 0.222. The third kappa shape index (κ3) is 2.95. The van der Waals surface area contributed by atoms with E-state index in [-0.39, 0.29) is 12.7 Å². The van der Waals surface area contributed by atoms with Crippen LogP contribution in [0.5, 0.6) is 11.5 Å². The lowest BCUT2D eigenvalue weighted by molar-refractivity contribution is 0.0944. The molecule has 128 valence electrons. The molecule has 1 aliphatic heterocycles. The minimum Gasteiger partial charge on any atom is -0.454 e. The Labute approximate surface area is 152 Å². The lowest BCUT2D eigenvalue weighted by Crippen LogP contribution is -2.25. The molecule has 0 bridgehead atoms. The van der Waals surface area contributed by atoms with E-state index in [0.717, 1.165) is 27.1 Å². The molecular formula is C18H16BrN3O3. The largest absolute Gasteiger partial charge is 0.454 e. The second kappa shape index (κ2) is 6.40. The Morgan fingerprint density at radius 1 is 1.28 bits per heavy atom. The van der Waals surface area contributed by atoms with E-state index in [1.807, 2.05) is 47.9 Å². The van der Waals surface area contributed by atoms with Crippen LogP contribution in [0.15, 0.2) is 41.0 Å². The number of nitrogens with one attached hydrogen (secondary N) is 1. The molecule has 2 aromatic heterocycles. The van der Waals surface area contributed by atoms with E-state index in [9.17, 15) is 4.79 Å². The molecule has 6 nitrogen and oxygen atoms in total. The fourth-order valence-electron chi connectivity index (χ4n) is 2.87. The molecule has 3 aromatic rings. The third-order valence-electron chi connectivity index (χ3n) is 4.09. The third-order valence-corrected chi connectivity index (χ3v) is 4.56. The number of hydrogen-bond acceptors (Lipinski definition) is 4. The van der Waals surface area contributed by atoms with E-state index in [0.29, 0.717) is 24.4 Å². The van der Waals surface area contributed by atoms with Gasteiger partial charge in [-0.1, -0.05) is 13.0 Å². The van der Waals surface area contributed by atoms with E-state index < -0.39 is 0 Å². The van der Waals surface area contributed by atoms with Crippen LogP contribution in [0, 0.1) is 0 Å². The number of carbonyl (C=O) groups is 1. The molecule has 4 rings (SSSR count). The second-order valence-corrected chi connectivity index (χ2v) is 6.62. The van der Waals surface area contributed by atoms with E-state index in [4.69, 9.17) is 9.47 Å². The van der Waals surface area contributed by atoms with Gasteiger partial charge in [-0.3, -0.25) is 9.20 Å². The predicted molar refractivity (Wildman–Crippen MR) is 96.0 cm³/mol.